The maximum Gasteiger partial charge on any atom is 0.209 e. The average molecular weight is 204 g/mol. The van der Waals surface area contributed by atoms with Crippen molar-refractivity contribution in [1.29, 1.82) is 0 Å². The minimum Gasteiger partial charge on any atom is -0.290 e. The Morgan fingerprint density at radius 3 is 2.71 bits per heavy atom. The van der Waals surface area contributed by atoms with E-state index < -0.39 is 0 Å². The molecule has 0 atom stereocenters. The van der Waals surface area contributed by atoms with Crippen molar-refractivity contribution in [2.24, 2.45) is 0 Å². The highest BCUT2D eigenvalue weighted by molar-refractivity contribution is 7.03. The maximum atomic E-state index is 11.6. The van der Waals surface area contributed by atoms with Gasteiger partial charge in [-0.1, -0.05) is 30.3 Å². The van der Waals surface area contributed by atoms with Crippen LogP contribution in [-0.2, 0) is 6.42 Å². The normalized spacial score (nSPS) is 10.0. The molecule has 0 amide bonds. The third-order valence-corrected chi connectivity index (χ3v) is 2.30. The molecule has 1 aromatic carbocycles. The van der Waals surface area contributed by atoms with Gasteiger partial charge in [-0.05, 0) is 17.1 Å². The molecule has 0 aliphatic rings. The molecule has 0 N–H and O–H groups in total. The van der Waals surface area contributed by atoms with Crippen LogP contribution in [0.1, 0.15) is 16.2 Å². The molecule has 0 spiro atoms. The number of rotatable bonds is 3. The summed E-state index contributed by atoms with van der Waals surface area (Å²) in [5.74, 6) is 0.288. The Morgan fingerprint density at radius 2 is 2.07 bits per heavy atom. The first-order chi connectivity index (χ1) is 6.86. The Hall–Kier alpha value is -1.55. The van der Waals surface area contributed by atoms with Crippen LogP contribution in [0.25, 0.3) is 0 Å². The van der Waals surface area contributed by atoms with Crippen LogP contribution in [0.15, 0.2) is 35.8 Å². The molecule has 0 aliphatic heterocycles. The Labute approximate surface area is 85.6 Å². The zero-order valence-corrected chi connectivity index (χ0v) is 8.20. The van der Waals surface area contributed by atoms with Gasteiger partial charge in [0.1, 0.15) is 5.51 Å². The third-order valence-electron chi connectivity index (χ3n) is 1.82. The van der Waals surface area contributed by atoms with Gasteiger partial charge >= 0.3 is 0 Å². The molecule has 2 rings (SSSR count). The van der Waals surface area contributed by atoms with E-state index in [4.69, 9.17) is 0 Å². The largest absolute Gasteiger partial charge is 0.290 e. The van der Waals surface area contributed by atoms with Gasteiger partial charge in [-0.2, -0.15) is 4.37 Å². The lowest BCUT2D eigenvalue weighted by Gasteiger charge is -1.96. The molecule has 0 aliphatic carbocycles. The van der Waals surface area contributed by atoms with Crippen LogP contribution < -0.4 is 0 Å². The summed E-state index contributed by atoms with van der Waals surface area (Å²) in [5.41, 5.74) is 2.56. The predicted molar refractivity (Wildman–Crippen MR) is 54.4 cm³/mol. The van der Waals surface area contributed by atoms with Gasteiger partial charge < -0.3 is 0 Å². The van der Waals surface area contributed by atoms with Crippen molar-refractivity contribution in [3.8, 4) is 0 Å². The van der Waals surface area contributed by atoms with Gasteiger partial charge in [-0.25, -0.2) is 4.98 Å². The van der Waals surface area contributed by atoms with Crippen molar-refractivity contribution in [3.63, 3.8) is 0 Å². The first-order valence-electron chi connectivity index (χ1n) is 4.20. The van der Waals surface area contributed by atoms with E-state index in [0.717, 1.165) is 5.56 Å². The molecule has 4 heteroatoms. The van der Waals surface area contributed by atoms with Gasteiger partial charge in [-0.15, -0.1) is 0 Å². The fraction of sp³-hybridized carbons (Fsp3) is 0.100. The van der Waals surface area contributed by atoms with Crippen LogP contribution >= 0.6 is 11.5 Å². The number of carbonyl (C=O) groups excluding carboxylic acids is 1. The van der Waals surface area contributed by atoms with Crippen molar-refractivity contribution in [1.82, 2.24) is 9.36 Å². The van der Waals surface area contributed by atoms with E-state index in [1.807, 2.05) is 30.3 Å². The molecule has 0 saturated carbocycles. The zero-order chi connectivity index (χ0) is 9.80. The highest BCUT2D eigenvalue weighted by Gasteiger charge is 2.09. The molecular weight excluding hydrogens is 196 g/mol. The van der Waals surface area contributed by atoms with Gasteiger partial charge in [0.15, 0.2) is 0 Å². The molecule has 3 nitrogen and oxygen atoms in total. The number of hydrogen-bond acceptors (Lipinski definition) is 4. The highest BCUT2D eigenvalue weighted by Crippen LogP contribution is 2.04. The molecule has 0 radical (unpaired) electrons. The second-order valence-corrected chi connectivity index (χ2v) is 3.44. The van der Waals surface area contributed by atoms with Crippen molar-refractivity contribution >= 4 is 17.3 Å². The number of aromatic nitrogens is 2. The fourth-order valence-electron chi connectivity index (χ4n) is 1.15. The second-order valence-electron chi connectivity index (χ2n) is 2.84. The molecule has 0 unspecified atom stereocenters. The van der Waals surface area contributed by atoms with Crippen LogP contribution in [0, 0.1) is 0 Å². The Kier molecular flexibility index (Phi) is 2.65. The molecule has 14 heavy (non-hydrogen) atoms. The van der Waals surface area contributed by atoms with E-state index in [0.29, 0.717) is 12.2 Å². The summed E-state index contributed by atoms with van der Waals surface area (Å²) in [7, 11) is 0. The molecule has 2 aromatic rings. The maximum absolute atomic E-state index is 11.6. The fourth-order valence-corrected chi connectivity index (χ4v) is 1.60. The lowest BCUT2D eigenvalue weighted by atomic mass is 10.1. The summed E-state index contributed by atoms with van der Waals surface area (Å²) < 4.78 is 3.89. The van der Waals surface area contributed by atoms with E-state index in [-0.39, 0.29) is 5.78 Å². The van der Waals surface area contributed by atoms with Gasteiger partial charge in [0.05, 0.1) is 0 Å². The first-order valence-corrected chi connectivity index (χ1v) is 5.03. The van der Waals surface area contributed by atoms with E-state index in [2.05, 4.69) is 9.36 Å². The number of nitrogens with zero attached hydrogens (tertiary/aromatic N) is 2. The molecule has 0 saturated heterocycles. The van der Waals surface area contributed by atoms with E-state index in [1.54, 1.807) is 5.51 Å². The molecular formula is C10H8N2OS. The van der Waals surface area contributed by atoms with Crippen LogP contribution in [0.3, 0.4) is 0 Å². The lowest BCUT2D eigenvalue weighted by molar-refractivity contribution is 0.0984. The molecule has 0 fully saturated rings. The summed E-state index contributed by atoms with van der Waals surface area (Å²) in [4.78, 5) is 15.4. The number of ketones is 1. The summed E-state index contributed by atoms with van der Waals surface area (Å²) in [6.07, 6.45) is 0.373. The number of carbonyl (C=O) groups is 1. The zero-order valence-electron chi connectivity index (χ0n) is 7.38. The minimum absolute atomic E-state index is 0.0301. The van der Waals surface area contributed by atoms with Gasteiger partial charge in [0.2, 0.25) is 11.6 Å². The third kappa shape index (κ3) is 2.03. The van der Waals surface area contributed by atoms with Crippen molar-refractivity contribution < 1.29 is 4.79 Å². The molecule has 1 aromatic heterocycles. The summed E-state index contributed by atoms with van der Waals surface area (Å²) in [6.45, 7) is 0. The average Bonchev–Trinajstić information content (AvgIpc) is 2.72. The van der Waals surface area contributed by atoms with Gasteiger partial charge in [0.25, 0.3) is 0 Å². The van der Waals surface area contributed by atoms with Crippen LogP contribution in [0.4, 0.5) is 0 Å². The van der Waals surface area contributed by atoms with Crippen LogP contribution in [-0.4, -0.2) is 15.1 Å². The lowest BCUT2D eigenvalue weighted by Crippen LogP contribution is -2.05. The highest BCUT2D eigenvalue weighted by atomic mass is 32.1. The van der Waals surface area contributed by atoms with Crippen molar-refractivity contribution in [3.05, 3.63) is 47.2 Å². The quantitative estimate of drug-likeness (QED) is 0.718. The molecule has 1 heterocycles. The van der Waals surface area contributed by atoms with E-state index in [1.165, 1.54) is 11.5 Å². The number of Topliss-reactive ketones (excluding diaryl/α,β-unsaturated/α-hetero) is 1. The van der Waals surface area contributed by atoms with Crippen LogP contribution in [0.2, 0.25) is 0 Å². The smallest absolute Gasteiger partial charge is 0.209 e. The summed E-state index contributed by atoms with van der Waals surface area (Å²) in [6, 6.07) is 9.60. The first kappa shape index (κ1) is 9.02. The monoisotopic (exact) mass is 204 g/mol. The second kappa shape index (κ2) is 4.11. The molecule has 0 bridgehead atoms. The topological polar surface area (TPSA) is 42.9 Å². The van der Waals surface area contributed by atoms with E-state index >= 15 is 0 Å². The molecule has 70 valence electrons. The summed E-state index contributed by atoms with van der Waals surface area (Å²) in [5, 5.41) is 0. The van der Waals surface area contributed by atoms with E-state index in [9.17, 15) is 4.79 Å². The van der Waals surface area contributed by atoms with Crippen molar-refractivity contribution in [2.45, 2.75) is 6.42 Å². The minimum atomic E-state index is -0.0301. The summed E-state index contributed by atoms with van der Waals surface area (Å²) >= 11 is 1.20. The number of benzene rings is 1. The SMILES string of the molecule is O=C(Cc1ccccc1)c1ncsn1. The Balaban J connectivity index is 2.10. The standard InChI is InChI=1S/C10H8N2OS/c13-9(10-11-7-14-12-10)6-8-4-2-1-3-5-8/h1-5,7H,6H2. The van der Waals surface area contributed by atoms with Gasteiger partial charge in [0, 0.05) is 6.42 Å². The predicted octanol–water partition coefficient (Wildman–Crippen LogP) is 1.96. The van der Waals surface area contributed by atoms with Crippen molar-refractivity contribution in [2.75, 3.05) is 0 Å². The number of hydrogen-bond donors (Lipinski definition) is 0. The Morgan fingerprint density at radius 1 is 1.29 bits per heavy atom. The van der Waals surface area contributed by atoms with Gasteiger partial charge in [-0.3, -0.25) is 4.79 Å². The van der Waals surface area contributed by atoms with Crippen LogP contribution in [0.5, 0.6) is 0 Å². The Bertz CT molecular complexity index is 411.